The molecular weight excluding hydrogens is 656 g/mol. The van der Waals surface area contributed by atoms with Gasteiger partial charge in [0.25, 0.3) is 0 Å². The summed E-state index contributed by atoms with van der Waals surface area (Å²) in [7, 11) is 9.36. The van der Waals surface area contributed by atoms with Gasteiger partial charge in [-0.2, -0.15) is 5.10 Å². The van der Waals surface area contributed by atoms with Gasteiger partial charge in [-0.25, -0.2) is 0 Å². The minimum atomic E-state index is -0.151. The first-order valence-electron chi connectivity index (χ1n) is 17.9. The standard InChI is InChI=1S/C42H46N4O6/c1-44-17-13-28-22-29(25-47)37-23-32(28)34(44)19-26-7-10-30(11-8-26)51-38-21-27(9-12-36(38)48-3)20-35-39-31(14-18-45(35)2)33(24-46-16-6-15-43-46)40(49-4)42(50-5)41(39)52-37/h6-12,15-16,21-23,34-35,47H,13-14,17-20,24-25H2,1-5H3/t34-,35-/m0/s1. The van der Waals surface area contributed by atoms with E-state index in [4.69, 9.17) is 23.7 Å². The van der Waals surface area contributed by atoms with Crippen LogP contribution in [0.25, 0.3) is 0 Å². The summed E-state index contributed by atoms with van der Waals surface area (Å²) in [4.78, 5) is 4.79. The Balaban J connectivity index is 1.39. The second-order valence-electron chi connectivity index (χ2n) is 14.0. The predicted molar refractivity (Wildman–Crippen MR) is 198 cm³/mol. The quantitative estimate of drug-likeness (QED) is 0.203. The maximum absolute atomic E-state index is 10.8. The lowest BCUT2D eigenvalue weighted by Gasteiger charge is -2.38. The monoisotopic (exact) mass is 702 g/mol. The van der Waals surface area contributed by atoms with Gasteiger partial charge in [-0.15, -0.1) is 0 Å². The van der Waals surface area contributed by atoms with Crippen LogP contribution in [0.1, 0.15) is 56.6 Å². The van der Waals surface area contributed by atoms with E-state index in [0.29, 0.717) is 47.5 Å². The smallest absolute Gasteiger partial charge is 0.204 e. The molecule has 0 unspecified atom stereocenters. The van der Waals surface area contributed by atoms with Crippen LogP contribution in [0.5, 0.6) is 40.2 Å². The molecule has 52 heavy (non-hydrogen) atoms. The molecule has 4 aliphatic heterocycles. The molecule has 0 spiro atoms. The fraction of sp³-hybridized carbons (Fsp3) is 0.357. The van der Waals surface area contributed by atoms with Crippen molar-refractivity contribution in [3.8, 4) is 40.2 Å². The third-order valence-corrected chi connectivity index (χ3v) is 11.1. The number of ether oxygens (including phenoxy) is 5. The summed E-state index contributed by atoms with van der Waals surface area (Å²) in [6.07, 6.45) is 6.90. The maximum atomic E-state index is 10.8. The SMILES string of the molecule is COc1ccc2cc1Oc1ccc(cc1)C[C@H]1c3cc(c(CO)cc3CCN1C)Oc1c(OC)c(OC)c(Cn3cccn3)c3c1[C@H](C2)N(C)CC3. The van der Waals surface area contributed by atoms with E-state index in [-0.39, 0.29) is 18.7 Å². The number of fused-ring (bicyclic) bond motifs is 2. The lowest BCUT2D eigenvalue weighted by atomic mass is 9.84. The fourth-order valence-electron chi connectivity index (χ4n) is 8.28. The summed E-state index contributed by atoms with van der Waals surface area (Å²) >= 11 is 0. The van der Waals surface area contributed by atoms with Crippen LogP contribution >= 0.6 is 0 Å². The molecule has 1 N–H and O–H groups in total. The summed E-state index contributed by atoms with van der Waals surface area (Å²) < 4.78 is 33.8. The largest absolute Gasteiger partial charge is 0.493 e. The summed E-state index contributed by atoms with van der Waals surface area (Å²) in [6, 6.07) is 20.7. The molecule has 6 bridgehead atoms. The lowest BCUT2D eigenvalue weighted by molar-refractivity contribution is 0.219. The highest BCUT2D eigenvalue weighted by molar-refractivity contribution is 5.67. The first-order valence-corrected chi connectivity index (χ1v) is 17.9. The molecule has 10 heteroatoms. The van der Waals surface area contributed by atoms with Gasteiger partial charge in [0.1, 0.15) is 11.5 Å². The maximum Gasteiger partial charge on any atom is 0.204 e. The average Bonchev–Trinajstić information content (AvgIpc) is 3.68. The lowest BCUT2D eigenvalue weighted by Crippen LogP contribution is -2.35. The average molecular weight is 703 g/mol. The molecule has 0 saturated heterocycles. The molecule has 0 radical (unpaired) electrons. The highest BCUT2D eigenvalue weighted by Crippen LogP contribution is 2.53. The zero-order valence-electron chi connectivity index (χ0n) is 30.5. The van der Waals surface area contributed by atoms with E-state index in [1.54, 1.807) is 27.5 Å². The second-order valence-corrected chi connectivity index (χ2v) is 14.0. The summed E-state index contributed by atoms with van der Waals surface area (Å²) in [5.74, 6) is 4.45. The Hall–Kier alpha value is -5.03. The van der Waals surface area contributed by atoms with E-state index in [2.05, 4.69) is 65.4 Å². The van der Waals surface area contributed by atoms with Crippen molar-refractivity contribution < 1.29 is 28.8 Å². The van der Waals surface area contributed by atoms with Gasteiger partial charge in [-0.3, -0.25) is 14.5 Å². The van der Waals surface area contributed by atoms with Gasteiger partial charge in [0, 0.05) is 54.3 Å². The number of rotatable bonds is 6. The van der Waals surface area contributed by atoms with E-state index in [0.717, 1.165) is 65.9 Å². The Morgan fingerprint density at radius 2 is 1.56 bits per heavy atom. The van der Waals surface area contributed by atoms with Crippen LogP contribution < -0.4 is 23.7 Å². The van der Waals surface area contributed by atoms with Crippen LogP contribution in [0.3, 0.4) is 0 Å². The van der Waals surface area contributed by atoms with Crippen LogP contribution in [-0.2, 0) is 38.8 Å². The van der Waals surface area contributed by atoms with E-state index in [9.17, 15) is 5.11 Å². The van der Waals surface area contributed by atoms with Gasteiger partial charge in [0.05, 0.1) is 34.5 Å². The highest BCUT2D eigenvalue weighted by atomic mass is 16.5. The van der Waals surface area contributed by atoms with Crippen molar-refractivity contribution in [2.45, 2.75) is 50.9 Å². The van der Waals surface area contributed by atoms with Crippen LogP contribution in [0, 0.1) is 0 Å². The number of aliphatic hydroxyl groups excluding tert-OH is 1. The van der Waals surface area contributed by atoms with Gasteiger partial charge >= 0.3 is 0 Å². The summed E-state index contributed by atoms with van der Waals surface area (Å²) in [5, 5.41) is 15.3. The van der Waals surface area contributed by atoms with Crippen LogP contribution in [0.15, 0.2) is 73.1 Å². The second kappa shape index (κ2) is 14.2. The zero-order valence-corrected chi connectivity index (χ0v) is 30.5. The van der Waals surface area contributed by atoms with Crippen molar-refractivity contribution >= 4 is 0 Å². The number of aromatic nitrogens is 2. The molecule has 10 nitrogen and oxygen atoms in total. The molecule has 0 amide bonds. The number of benzene rings is 4. The molecule has 9 rings (SSSR count). The Morgan fingerprint density at radius 3 is 2.29 bits per heavy atom. The predicted octanol–water partition coefficient (Wildman–Crippen LogP) is 6.89. The highest BCUT2D eigenvalue weighted by Gasteiger charge is 2.37. The molecule has 270 valence electrons. The fourth-order valence-corrected chi connectivity index (χ4v) is 8.28. The van der Waals surface area contributed by atoms with Crippen molar-refractivity contribution in [1.29, 1.82) is 0 Å². The summed E-state index contributed by atoms with van der Waals surface area (Å²) in [5.41, 5.74) is 8.68. The third-order valence-electron chi connectivity index (χ3n) is 11.1. The number of likely N-dealkylation sites (N-methyl/N-ethyl adjacent to an activating group) is 2. The Bertz CT molecular complexity index is 2080. The van der Waals surface area contributed by atoms with Crippen molar-refractivity contribution in [2.24, 2.45) is 0 Å². The first-order chi connectivity index (χ1) is 25.4. The van der Waals surface area contributed by atoms with Gasteiger partial charge < -0.3 is 28.8 Å². The third kappa shape index (κ3) is 6.14. The van der Waals surface area contributed by atoms with Gasteiger partial charge in [-0.05, 0) is 110 Å². The molecule has 0 fully saturated rings. The molecule has 0 aliphatic carbocycles. The molecule has 5 aromatic rings. The molecule has 5 heterocycles. The first kappa shape index (κ1) is 34.1. The van der Waals surface area contributed by atoms with Crippen molar-refractivity contribution in [3.63, 3.8) is 0 Å². The molecular formula is C42H46N4O6. The van der Waals surface area contributed by atoms with Gasteiger partial charge in [0.2, 0.25) is 5.75 Å². The number of hydrogen-bond acceptors (Lipinski definition) is 9. The number of hydrogen-bond donors (Lipinski definition) is 1. The Labute approximate surface area is 305 Å². The number of nitrogens with zero attached hydrogens (tertiary/aromatic N) is 4. The molecule has 4 aliphatic rings. The van der Waals surface area contributed by atoms with E-state index >= 15 is 0 Å². The number of methoxy groups -OCH3 is 3. The van der Waals surface area contributed by atoms with E-state index in [1.165, 1.54) is 16.7 Å². The Kier molecular flexibility index (Phi) is 9.29. The van der Waals surface area contributed by atoms with Crippen molar-refractivity contribution in [3.05, 3.63) is 118 Å². The van der Waals surface area contributed by atoms with Crippen LogP contribution in [0.4, 0.5) is 0 Å². The topological polar surface area (TPSA) is 90.7 Å². The van der Waals surface area contributed by atoms with Gasteiger partial charge in [-0.1, -0.05) is 18.2 Å². The minimum Gasteiger partial charge on any atom is -0.493 e. The van der Waals surface area contributed by atoms with E-state index < -0.39 is 0 Å². The Morgan fingerprint density at radius 1 is 0.808 bits per heavy atom. The normalized spacial score (nSPS) is 18.4. The molecule has 2 atom stereocenters. The van der Waals surface area contributed by atoms with Gasteiger partial charge in [0.15, 0.2) is 23.0 Å². The zero-order chi connectivity index (χ0) is 35.9. The molecule has 0 saturated carbocycles. The van der Waals surface area contributed by atoms with Crippen molar-refractivity contribution in [2.75, 3.05) is 48.5 Å². The van der Waals surface area contributed by atoms with E-state index in [1.807, 2.05) is 35.1 Å². The molecule has 1 aromatic heterocycles. The van der Waals surface area contributed by atoms with Crippen LogP contribution in [0.2, 0.25) is 0 Å². The number of aliphatic hydroxyl groups is 1. The van der Waals surface area contributed by atoms with Crippen LogP contribution in [-0.4, -0.2) is 73.2 Å². The summed E-state index contributed by atoms with van der Waals surface area (Å²) in [6.45, 7) is 2.12. The van der Waals surface area contributed by atoms with Crippen molar-refractivity contribution in [1.82, 2.24) is 19.6 Å². The molecule has 4 aromatic carbocycles. The minimum absolute atomic E-state index is 0.0941.